The summed E-state index contributed by atoms with van der Waals surface area (Å²) in [6.07, 6.45) is 1.57. The number of para-hydroxylation sites is 1. The van der Waals surface area contributed by atoms with Gasteiger partial charge in [-0.3, -0.25) is 9.69 Å². The van der Waals surface area contributed by atoms with E-state index in [0.717, 1.165) is 49.8 Å². The van der Waals surface area contributed by atoms with E-state index in [1.54, 1.807) is 11.3 Å². The minimum absolute atomic E-state index is 0.250. The molecule has 0 bridgehead atoms. The van der Waals surface area contributed by atoms with Gasteiger partial charge < -0.3 is 9.64 Å². The van der Waals surface area contributed by atoms with Gasteiger partial charge in [0.05, 0.1) is 6.42 Å². The molecule has 1 aromatic carbocycles. The van der Waals surface area contributed by atoms with Crippen LogP contribution in [0.25, 0.3) is 0 Å². The van der Waals surface area contributed by atoms with Gasteiger partial charge in [0.15, 0.2) is 0 Å². The zero-order valence-corrected chi connectivity index (χ0v) is 14.7. The lowest BCUT2D eigenvalue weighted by molar-refractivity contribution is -0.130. The molecular weight excluding hydrogens is 320 g/mol. The Balaban J connectivity index is 1.40. The van der Waals surface area contributed by atoms with Crippen molar-refractivity contribution in [1.29, 1.82) is 0 Å². The number of carbonyl (C=O) groups excluding carboxylic acids is 1. The molecule has 1 aliphatic heterocycles. The molecule has 0 radical (unpaired) electrons. The normalized spacial score (nSPS) is 15.9. The molecule has 2 heterocycles. The monoisotopic (exact) mass is 344 g/mol. The number of carbonyl (C=O) groups is 1. The van der Waals surface area contributed by atoms with Gasteiger partial charge in [0.1, 0.15) is 12.4 Å². The van der Waals surface area contributed by atoms with Crippen LogP contribution in [-0.4, -0.2) is 55.0 Å². The first-order valence-electron chi connectivity index (χ1n) is 8.51. The van der Waals surface area contributed by atoms with Crippen molar-refractivity contribution in [3.8, 4) is 5.75 Å². The molecule has 1 saturated heterocycles. The number of ether oxygens (including phenoxy) is 1. The van der Waals surface area contributed by atoms with Crippen LogP contribution in [0.1, 0.15) is 11.3 Å². The standard InChI is InChI=1S/C19H24N2O2S/c22-19(16-18-8-4-15-24-18)21-10-5-9-20(11-12-21)13-14-23-17-6-2-1-3-7-17/h1-4,6-8,15H,5,9-14,16H2. The second kappa shape index (κ2) is 8.85. The van der Waals surface area contributed by atoms with Gasteiger partial charge in [-0.15, -0.1) is 11.3 Å². The van der Waals surface area contributed by atoms with Crippen molar-refractivity contribution in [1.82, 2.24) is 9.80 Å². The Morgan fingerprint density at radius 1 is 1.04 bits per heavy atom. The Bertz CT molecular complexity index is 616. The molecule has 0 atom stereocenters. The number of nitrogens with zero attached hydrogens (tertiary/aromatic N) is 2. The van der Waals surface area contributed by atoms with Gasteiger partial charge in [0.2, 0.25) is 5.91 Å². The van der Waals surface area contributed by atoms with E-state index in [-0.39, 0.29) is 5.91 Å². The molecule has 128 valence electrons. The Hall–Kier alpha value is -1.85. The summed E-state index contributed by atoms with van der Waals surface area (Å²) in [6, 6.07) is 14.0. The van der Waals surface area contributed by atoms with Crippen LogP contribution in [-0.2, 0) is 11.2 Å². The number of hydrogen-bond donors (Lipinski definition) is 0. The van der Waals surface area contributed by atoms with Crippen LogP contribution in [0.2, 0.25) is 0 Å². The first-order chi connectivity index (χ1) is 11.8. The predicted molar refractivity (Wildman–Crippen MR) is 97.6 cm³/mol. The summed E-state index contributed by atoms with van der Waals surface area (Å²) in [5.74, 6) is 1.17. The summed E-state index contributed by atoms with van der Waals surface area (Å²) in [5, 5.41) is 2.03. The maximum Gasteiger partial charge on any atom is 0.227 e. The number of rotatable bonds is 6. The summed E-state index contributed by atoms with van der Waals surface area (Å²) in [5.41, 5.74) is 0. The second-order valence-electron chi connectivity index (χ2n) is 5.99. The highest BCUT2D eigenvalue weighted by Gasteiger charge is 2.19. The highest BCUT2D eigenvalue weighted by molar-refractivity contribution is 7.10. The summed E-state index contributed by atoms with van der Waals surface area (Å²) in [7, 11) is 0. The fraction of sp³-hybridized carbons (Fsp3) is 0.421. The molecule has 0 saturated carbocycles. The second-order valence-corrected chi connectivity index (χ2v) is 7.03. The van der Waals surface area contributed by atoms with Gasteiger partial charge in [-0.05, 0) is 30.0 Å². The number of amides is 1. The fourth-order valence-electron chi connectivity index (χ4n) is 2.93. The van der Waals surface area contributed by atoms with E-state index in [1.807, 2.05) is 52.7 Å². The van der Waals surface area contributed by atoms with E-state index in [0.29, 0.717) is 13.0 Å². The zero-order chi connectivity index (χ0) is 16.6. The average molecular weight is 344 g/mol. The molecular formula is C19H24N2O2S. The van der Waals surface area contributed by atoms with Crippen LogP contribution >= 0.6 is 11.3 Å². The Kier molecular flexibility index (Phi) is 6.26. The van der Waals surface area contributed by atoms with Crippen LogP contribution in [0.4, 0.5) is 0 Å². The van der Waals surface area contributed by atoms with Crippen LogP contribution < -0.4 is 4.74 Å². The van der Waals surface area contributed by atoms with E-state index in [4.69, 9.17) is 4.74 Å². The fourth-order valence-corrected chi connectivity index (χ4v) is 3.62. The van der Waals surface area contributed by atoms with Gasteiger partial charge in [0.25, 0.3) is 0 Å². The molecule has 2 aromatic rings. The number of hydrogen-bond acceptors (Lipinski definition) is 4. The molecule has 0 aliphatic carbocycles. The van der Waals surface area contributed by atoms with Crippen LogP contribution in [0.3, 0.4) is 0 Å². The van der Waals surface area contributed by atoms with Gasteiger partial charge >= 0.3 is 0 Å². The van der Waals surface area contributed by atoms with Gasteiger partial charge in [-0.1, -0.05) is 24.3 Å². The number of benzene rings is 1. The van der Waals surface area contributed by atoms with E-state index in [1.165, 1.54) is 0 Å². The molecule has 5 heteroatoms. The van der Waals surface area contributed by atoms with Crippen molar-refractivity contribution < 1.29 is 9.53 Å². The zero-order valence-electron chi connectivity index (χ0n) is 13.9. The Morgan fingerprint density at radius 3 is 2.71 bits per heavy atom. The lowest BCUT2D eigenvalue weighted by Gasteiger charge is -2.22. The van der Waals surface area contributed by atoms with Crippen molar-refractivity contribution in [2.24, 2.45) is 0 Å². The third-order valence-electron chi connectivity index (χ3n) is 4.27. The molecule has 0 N–H and O–H groups in total. The summed E-state index contributed by atoms with van der Waals surface area (Å²) < 4.78 is 5.77. The predicted octanol–water partition coefficient (Wildman–Crippen LogP) is 2.90. The Morgan fingerprint density at radius 2 is 1.92 bits per heavy atom. The lowest BCUT2D eigenvalue weighted by atomic mass is 10.3. The summed E-state index contributed by atoms with van der Waals surface area (Å²) >= 11 is 1.66. The SMILES string of the molecule is O=C(Cc1cccs1)N1CCCN(CCOc2ccccc2)CC1. The van der Waals surface area contributed by atoms with E-state index in [2.05, 4.69) is 4.90 Å². The number of thiophene rings is 1. The highest BCUT2D eigenvalue weighted by Crippen LogP contribution is 2.12. The molecule has 0 spiro atoms. The minimum atomic E-state index is 0.250. The largest absolute Gasteiger partial charge is 0.492 e. The van der Waals surface area contributed by atoms with E-state index in [9.17, 15) is 4.79 Å². The van der Waals surface area contributed by atoms with Crippen molar-refractivity contribution in [2.75, 3.05) is 39.3 Å². The van der Waals surface area contributed by atoms with Gasteiger partial charge in [-0.2, -0.15) is 0 Å². The van der Waals surface area contributed by atoms with Gasteiger partial charge in [0, 0.05) is 37.6 Å². The topological polar surface area (TPSA) is 32.8 Å². The van der Waals surface area contributed by atoms with Crippen molar-refractivity contribution in [2.45, 2.75) is 12.8 Å². The maximum absolute atomic E-state index is 12.4. The molecule has 24 heavy (non-hydrogen) atoms. The quantitative estimate of drug-likeness (QED) is 0.808. The minimum Gasteiger partial charge on any atom is -0.492 e. The highest BCUT2D eigenvalue weighted by atomic mass is 32.1. The Labute approximate surface area is 147 Å². The van der Waals surface area contributed by atoms with Gasteiger partial charge in [-0.25, -0.2) is 0 Å². The summed E-state index contributed by atoms with van der Waals surface area (Å²) in [6.45, 7) is 5.22. The lowest BCUT2D eigenvalue weighted by Crippen LogP contribution is -2.36. The third-order valence-corrected chi connectivity index (χ3v) is 5.14. The van der Waals surface area contributed by atoms with Crippen LogP contribution in [0.5, 0.6) is 5.75 Å². The van der Waals surface area contributed by atoms with E-state index >= 15 is 0 Å². The molecule has 1 fully saturated rings. The third kappa shape index (κ3) is 5.08. The molecule has 3 rings (SSSR count). The van der Waals surface area contributed by atoms with Crippen LogP contribution in [0, 0.1) is 0 Å². The first kappa shape index (κ1) is 17.0. The van der Waals surface area contributed by atoms with Crippen molar-refractivity contribution in [3.63, 3.8) is 0 Å². The molecule has 1 aromatic heterocycles. The van der Waals surface area contributed by atoms with Crippen LogP contribution in [0.15, 0.2) is 47.8 Å². The van der Waals surface area contributed by atoms with Crippen molar-refractivity contribution >= 4 is 17.2 Å². The van der Waals surface area contributed by atoms with E-state index < -0.39 is 0 Å². The first-order valence-corrected chi connectivity index (χ1v) is 9.39. The summed E-state index contributed by atoms with van der Waals surface area (Å²) in [4.78, 5) is 18.0. The molecule has 0 unspecified atom stereocenters. The average Bonchev–Trinajstić information content (AvgIpc) is 2.99. The maximum atomic E-state index is 12.4. The van der Waals surface area contributed by atoms with Crippen molar-refractivity contribution in [3.05, 3.63) is 52.7 Å². The molecule has 4 nitrogen and oxygen atoms in total. The molecule has 1 aliphatic rings. The molecule has 1 amide bonds. The smallest absolute Gasteiger partial charge is 0.227 e.